The van der Waals surface area contributed by atoms with Gasteiger partial charge in [-0.25, -0.2) is 4.79 Å². The van der Waals surface area contributed by atoms with Crippen molar-refractivity contribution in [1.82, 2.24) is 0 Å². The van der Waals surface area contributed by atoms with Crippen molar-refractivity contribution < 1.29 is 14.6 Å². The van der Waals surface area contributed by atoms with Gasteiger partial charge in [0.15, 0.2) is 6.10 Å². The lowest BCUT2D eigenvalue weighted by Gasteiger charge is -2.15. The molecule has 0 saturated heterocycles. The lowest BCUT2D eigenvalue weighted by molar-refractivity contribution is 0.0352. The largest absolute Gasteiger partial charge is 0.442 e. The molecule has 66 valence electrons. The highest BCUT2D eigenvalue weighted by Crippen LogP contribution is 2.04. The smallest absolute Gasteiger partial charge is 0.404 e. The second-order valence-electron chi connectivity index (χ2n) is 2.07. The highest BCUT2D eigenvalue weighted by atomic mass is 16.6. The van der Waals surface area contributed by atoms with Crippen LogP contribution in [-0.2, 0) is 4.74 Å². The van der Waals surface area contributed by atoms with E-state index in [4.69, 9.17) is 16.1 Å². The Morgan fingerprint density at radius 2 is 2.50 bits per heavy atom. The summed E-state index contributed by atoms with van der Waals surface area (Å²) < 4.78 is 4.44. The Kier molecular flexibility index (Phi) is 4.49. The van der Waals surface area contributed by atoms with Crippen LogP contribution in [0.15, 0.2) is 12.7 Å². The number of aliphatic hydroxyl groups is 1. The number of ether oxygens (including phenoxy) is 1. The minimum absolute atomic E-state index is 0.192. The maximum absolute atomic E-state index is 10.3. The van der Waals surface area contributed by atoms with Crippen molar-refractivity contribution in [3.8, 4) is 6.07 Å². The average Bonchev–Trinajstić information content (AvgIpc) is 2.01. The van der Waals surface area contributed by atoms with E-state index in [1.807, 2.05) is 0 Å². The van der Waals surface area contributed by atoms with Gasteiger partial charge in [-0.2, -0.15) is 5.26 Å². The Morgan fingerprint density at radius 1 is 1.92 bits per heavy atom. The standard InChI is InChI=1S/C7H10N2O3/c1-2-3-6(5(10)4-8)12-7(9)11/h2,5-6,10H,1,3H2,(H2,9,11). The Labute approximate surface area is 70.0 Å². The topological polar surface area (TPSA) is 96.3 Å². The summed E-state index contributed by atoms with van der Waals surface area (Å²) in [5.74, 6) is 0. The van der Waals surface area contributed by atoms with Gasteiger partial charge in [0.1, 0.15) is 6.10 Å². The number of hydrogen-bond acceptors (Lipinski definition) is 4. The van der Waals surface area contributed by atoms with Gasteiger partial charge in [0.05, 0.1) is 6.07 Å². The molecule has 0 aromatic carbocycles. The Morgan fingerprint density at radius 3 is 2.83 bits per heavy atom. The molecule has 0 radical (unpaired) electrons. The Balaban J connectivity index is 4.13. The molecule has 5 nitrogen and oxygen atoms in total. The number of carbonyl (C=O) groups excluding carboxylic acids is 1. The zero-order valence-electron chi connectivity index (χ0n) is 6.43. The molecular formula is C7H10N2O3. The molecule has 0 saturated carbocycles. The fourth-order valence-electron chi connectivity index (χ4n) is 0.638. The third-order valence-corrected chi connectivity index (χ3v) is 1.15. The summed E-state index contributed by atoms with van der Waals surface area (Å²) in [7, 11) is 0. The Bertz CT molecular complexity index is 209. The van der Waals surface area contributed by atoms with Crippen molar-refractivity contribution in [1.29, 1.82) is 5.26 Å². The molecule has 0 aliphatic rings. The van der Waals surface area contributed by atoms with Gasteiger partial charge in [0, 0.05) is 6.42 Å². The fourth-order valence-corrected chi connectivity index (χ4v) is 0.638. The first kappa shape index (κ1) is 10.5. The number of primary amides is 1. The van der Waals surface area contributed by atoms with E-state index in [0.717, 1.165) is 0 Å². The van der Waals surface area contributed by atoms with Gasteiger partial charge in [0.2, 0.25) is 0 Å². The molecule has 2 unspecified atom stereocenters. The number of amides is 1. The first-order valence-electron chi connectivity index (χ1n) is 3.26. The predicted octanol–water partition coefficient (Wildman–Crippen LogP) is -0.0891. The molecule has 1 amide bonds. The fraction of sp³-hybridized carbons (Fsp3) is 0.429. The first-order valence-corrected chi connectivity index (χ1v) is 3.26. The third-order valence-electron chi connectivity index (χ3n) is 1.15. The summed E-state index contributed by atoms with van der Waals surface area (Å²) in [5, 5.41) is 17.2. The van der Waals surface area contributed by atoms with E-state index in [1.54, 1.807) is 0 Å². The first-order chi connectivity index (χ1) is 5.61. The molecule has 0 spiro atoms. The van der Waals surface area contributed by atoms with Gasteiger partial charge in [0.25, 0.3) is 0 Å². The van der Waals surface area contributed by atoms with Crippen LogP contribution in [0.4, 0.5) is 4.79 Å². The van der Waals surface area contributed by atoms with Gasteiger partial charge in [-0.3, -0.25) is 0 Å². The van der Waals surface area contributed by atoms with Crippen LogP contribution in [0.25, 0.3) is 0 Å². The molecule has 0 aliphatic heterocycles. The highest BCUT2D eigenvalue weighted by Gasteiger charge is 2.20. The molecule has 5 heteroatoms. The number of nitrogens with zero attached hydrogens (tertiary/aromatic N) is 1. The monoisotopic (exact) mass is 170 g/mol. The van der Waals surface area contributed by atoms with Crippen molar-refractivity contribution in [2.24, 2.45) is 5.73 Å². The highest BCUT2D eigenvalue weighted by molar-refractivity contribution is 5.64. The van der Waals surface area contributed by atoms with Crippen LogP contribution in [0.3, 0.4) is 0 Å². The summed E-state index contributed by atoms with van der Waals surface area (Å²) in [6, 6.07) is 1.53. The van der Waals surface area contributed by atoms with E-state index in [0.29, 0.717) is 0 Å². The number of nitrogens with two attached hydrogens (primary N) is 1. The number of hydrogen-bond donors (Lipinski definition) is 2. The van der Waals surface area contributed by atoms with Crippen LogP contribution in [0.5, 0.6) is 0 Å². The van der Waals surface area contributed by atoms with Crippen LogP contribution in [0, 0.1) is 11.3 Å². The zero-order valence-corrected chi connectivity index (χ0v) is 6.43. The average molecular weight is 170 g/mol. The molecule has 0 heterocycles. The second-order valence-corrected chi connectivity index (χ2v) is 2.07. The lowest BCUT2D eigenvalue weighted by atomic mass is 10.1. The van der Waals surface area contributed by atoms with E-state index in [9.17, 15) is 4.79 Å². The van der Waals surface area contributed by atoms with E-state index < -0.39 is 18.3 Å². The molecule has 0 aromatic heterocycles. The molecule has 0 bridgehead atoms. The minimum Gasteiger partial charge on any atom is -0.442 e. The molecule has 0 rings (SSSR count). The minimum atomic E-state index is -1.37. The van der Waals surface area contributed by atoms with E-state index in [2.05, 4.69) is 11.3 Å². The normalized spacial score (nSPS) is 14.0. The van der Waals surface area contributed by atoms with Crippen LogP contribution in [0.1, 0.15) is 6.42 Å². The molecule has 0 aliphatic carbocycles. The van der Waals surface area contributed by atoms with Gasteiger partial charge in [-0.05, 0) is 0 Å². The Hall–Kier alpha value is -1.54. The quantitative estimate of drug-likeness (QED) is 0.455. The SMILES string of the molecule is C=CCC(OC(N)=O)C(O)C#N. The summed E-state index contributed by atoms with van der Waals surface area (Å²) in [5.41, 5.74) is 4.70. The van der Waals surface area contributed by atoms with Gasteiger partial charge in [-0.1, -0.05) is 6.08 Å². The van der Waals surface area contributed by atoms with Crippen LogP contribution in [-0.4, -0.2) is 23.4 Å². The number of rotatable bonds is 4. The van der Waals surface area contributed by atoms with E-state index >= 15 is 0 Å². The van der Waals surface area contributed by atoms with Crippen LogP contribution < -0.4 is 5.73 Å². The van der Waals surface area contributed by atoms with Gasteiger partial charge in [-0.15, -0.1) is 6.58 Å². The van der Waals surface area contributed by atoms with Crippen molar-refractivity contribution >= 4 is 6.09 Å². The molecule has 12 heavy (non-hydrogen) atoms. The lowest BCUT2D eigenvalue weighted by Crippen LogP contribution is -2.32. The van der Waals surface area contributed by atoms with Crippen molar-refractivity contribution in [3.05, 3.63) is 12.7 Å². The third kappa shape index (κ3) is 3.58. The summed E-state index contributed by atoms with van der Waals surface area (Å²) in [6.07, 6.45) is -1.69. The summed E-state index contributed by atoms with van der Waals surface area (Å²) in [4.78, 5) is 10.3. The molecule has 3 N–H and O–H groups in total. The molecular weight excluding hydrogens is 160 g/mol. The number of nitriles is 1. The second kappa shape index (κ2) is 5.16. The molecule has 2 atom stereocenters. The summed E-state index contributed by atoms with van der Waals surface area (Å²) >= 11 is 0. The van der Waals surface area contributed by atoms with Gasteiger partial charge < -0.3 is 15.6 Å². The predicted molar refractivity (Wildman–Crippen MR) is 40.9 cm³/mol. The zero-order chi connectivity index (χ0) is 9.56. The van der Waals surface area contributed by atoms with E-state index in [-0.39, 0.29) is 6.42 Å². The maximum Gasteiger partial charge on any atom is 0.404 e. The molecule has 0 fully saturated rings. The van der Waals surface area contributed by atoms with Crippen molar-refractivity contribution in [3.63, 3.8) is 0 Å². The summed E-state index contributed by atoms with van der Waals surface area (Å²) in [6.45, 7) is 3.37. The van der Waals surface area contributed by atoms with Crippen LogP contribution >= 0.6 is 0 Å². The van der Waals surface area contributed by atoms with E-state index in [1.165, 1.54) is 12.1 Å². The number of carbonyl (C=O) groups is 1. The number of aliphatic hydroxyl groups excluding tert-OH is 1. The molecule has 0 aromatic rings. The van der Waals surface area contributed by atoms with Gasteiger partial charge >= 0.3 is 6.09 Å². The van der Waals surface area contributed by atoms with Crippen molar-refractivity contribution in [2.45, 2.75) is 18.6 Å². The van der Waals surface area contributed by atoms with Crippen LogP contribution in [0.2, 0.25) is 0 Å². The maximum atomic E-state index is 10.3. The van der Waals surface area contributed by atoms with Crippen molar-refractivity contribution in [2.75, 3.05) is 0 Å².